The van der Waals surface area contributed by atoms with E-state index in [1.54, 1.807) is 48.5 Å². The second kappa shape index (κ2) is 6.21. The van der Waals surface area contributed by atoms with E-state index in [2.05, 4.69) is 17.1 Å². The Hall–Kier alpha value is -3.46. The maximum absolute atomic E-state index is 12.1. The summed E-state index contributed by atoms with van der Waals surface area (Å²) in [7, 11) is 0. The van der Waals surface area contributed by atoms with Gasteiger partial charge in [0, 0.05) is 34.6 Å². The van der Waals surface area contributed by atoms with Gasteiger partial charge in [0.1, 0.15) is 0 Å². The van der Waals surface area contributed by atoms with Crippen LogP contribution in [0.15, 0.2) is 85.2 Å². The Labute approximate surface area is 144 Å². The first-order valence-corrected chi connectivity index (χ1v) is 8.04. The molecular formula is C22H15NO2. The maximum atomic E-state index is 12.1. The fourth-order valence-corrected chi connectivity index (χ4v) is 3.04. The smallest absolute Gasteiger partial charge is 0.194 e. The monoisotopic (exact) mass is 325 g/mol. The molecule has 1 aromatic heterocycles. The van der Waals surface area contributed by atoms with Gasteiger partial charge in [-0.3, -0.25) is 9.59 Å². The lowest BCUT2D eigenvalue weighted by atomic mass is 9.84. The molecule has 1 aliphatic carbocycles. The van der Waals surface area contributed by atoms with Gasteiger partial charge in [-0.25, -0.2) is 0 Å². The minimum atomic E-state index is -0.0641. The highest BCUT2D eigenvalue weighted by molar-refractivity contribution is 6.28. The lowest BCUT2D eigenvalue weighted by Gasteiger charge is -2.16. The summed E-state index contributed by atoms with van der Waals surface area (Å²) in [6, 6.07) is 22.2. The molecule has 1 heterocycles. The van der Waals surface area contributed by atoms with Crippen LogP contribution in [0.4, 0.5) is 0 Å². The topological polar surface area (TPSA) is 49.9 Å². The van der Waals surface area contributed by atoms with E-state index in [0.29, 0.717) is 22.3 Å². The average molecular weight is 325 g/mol. The van der Waals surface area contributed by atoms with Crippen LogP contribution in [-0.2, 0) is 0 Å². The van der Waals surface area contributed by atoms with Crippen LogP contribution in [0.2, 0.25) is 0 Å². The average Bonchev–Trinajstić information content (AvgIpc) is 3.15. The van der Waals surface area contributed by atoms with Crippen LogP contribution in [0.25, 0.3) is 10.8 Å². The third kappa shape index (κ3) is 2.66. The molecule has 0 saturated heterocycles. The Morgan fingerprint density at radius 2 is 0.800 bits per heavy atom. The van der Waals surface area contributed by atoms with Gasteiger partial charge in [-0.15, -0.1) is 0 Å². The van der Waals surface area contributed by atoms with Crippen molar-refractivity contribution in [1.29, 1.82) is 0 Å². The number of carbonyl (C=O) groups is 2. The van der Waals surface area contributed by atoms with Crippen molar-refractivity contribution in [2.75, 3.05) is 0 Å². The molecule has 3 aromatic carbocycles. The molecule has 0 bridgehead atoms. The van der Waals surface area contributed by atoms with Gasteiger partial charge in [-0.2, -0.15) is 0 Å². The largest absolute Gasteiger partial charge is 0.366 e. The number of fused-ring (bicyclic) bond motifs is 3. The van der Waals surface area contributed by atoms with E-state index >= 15 is 0 Å². The van der Waals surface area contributed by atoms with Gasteiger partial charge in [0.15, 0.2) is 11.6 Å². The maximum Gasteiger partial charge on any atom is 0.194 e. The number of H-pyrrole nitrogens is 1. The van der Waals surface area contributed by atoms with Crippen LogP contribution >= 0.6 is 0 Å². The highest BCUT2D eigenvalue weighted by Gasteiger charge is 2.28. The van der Waals surface area contributed by atoms with Gasteiger partial charge in [0.2, 0.25) is 0 Å². The van der Waals surface area contributed by atoms with Crippen molar-refractivity contribution in [3.8, 4) is 0 Å². The molecule has 0 fully saturated rings. The van der Waals surface area contributed by atoms with E-state index in [4.69, 9.17) is 0 Å². The number of nitrogens with one attached hydrogen (secondary N) is 1. The predicted octanol–water partition coefficient (Wildman–Crippen LogP) is 4.63. The normalized spacial score (nSPS) is 12.2. The SMILES string of the molecule is O=C1c2ccccc2C(=O)c2ccccc21.c1ccc2c[nH]cc2c1. The first kappa shape index (κ1) is 15.1. The van der Waals surface area contributed by atoms with Crippen molar-refractivity contribution in [2.24, 2.45) is 0 Å². The number of hydrogen-bond acceptors (Lipinski definition) is 2. The van der Waals surface area contributed by atoms with Gasteiger partial charge in [-0.1, -0.05) is 72.8 Å². The van der Waals surface area contributed by atoms with Gasteiger partial charge >= 0.3 is 0 Å². The molecule has 120 valence electrons. The Kier molecular flexibility index (Phi) is 3.75. The van der Waals surface area contributed by atoms with Crippen LogP contribution in [0.1, 0.15) is 31.8 Å². The number of rotatable bonds is 0. The van der Waals surface area contributed by atoms with Gasteiger partial charge < -0.3 is 4.98 Å². The third-order valence-electron chi connectivity index (χ3n) is 4.31. The molecule has 0 spiro atoms. The Morgan fingerprint density at radius 1 is 0.480 bits per heavy atom. The summed E-state index contributed by atoms with van der Waals surface area (Å²) >= 11 is 0. The Balaban J connectivity index is 0.000000147. The summed E-state index contributed by atoms with van der Waals surface area (Å²) in [5, 5.41) is 2.55. The quantitative estimate of drug-likeness (QED) is 0.451. The zero-order valence-electron chi connectivity index (χ0n) is 13.4. The van der Waals surface area contributed by atoms with Gasteiger partial charge in [-0.05, 0) is 10.8 Å². The summed E-state index contributed by atoms with van der Waals surface area (Å²) in [5.74, 6) is -0.128. The van der Waals surface area contributed by atoms with E-state index in [-0.39, 0.29) is 11.6 Å². The van der Waals surface area contributed by atoms with Crippen molar-refractivity contribution < 1.29 is 9.59 Å². The molecule has 4 aromatic rings. The molecule has 5 rings (SSSR count). The summed E-state index contributed by atoms with van der Waals surface area (Å²) in [6.07, 6.45) is 3.99. The van der Waals surface area contributed by atoms with Crippen LogP contribution in [0.5, 0.6) is 0 Å². The number of carbonyl (C=O) groups excluding carboxylic acids is 2. The van der Waals surface area contributed by atoms with E-state index in [0.717, 1.165) is 0 Å². The van der Waals surface area contributed by atoms with Crippen molar-refractivity contribution in [2.45, 2.75) is 0 Å². The number of benzene rings is 3. The van der Waals surface area contributed by atoms with E-state index in [1.807, 2.05) is 24.5 Å². The van der Waals surface area contributed by atoms with Crippen LogP contribution in [0.3, 0.4) is 0 Å². The van der Waals surface area contributed by atoms with Crippen LogP contribution < -0.4 is 0 Å². The van der Waals surface area contributed by atoms with Crippen LogP contribution in [-0.4, -0.2) is 16.6 Å². The van der Waals surface area contributed by atoms with Gasteiger partial charge in [0.05, 0.1) is 0 Å². The zero-order valence-corrected chi connectivity index (χ0v) is 13.4. The summed E-state index contributed by atoms with van der Waals surface area (Å²) in [6.45, 7) is 0. The number of ketones is 2. The second-order valence-electron chi connectivity index (χ2n) is 5.83. The molecular weight excluding hydrogens is 310 g/mol. The minimum absolute atomic E-state index is 0.0641. The van der Waals surface area contributed by atoms with Crippen molar-refractivity contribution >= 4 is 22.3 Å². The fourth-order valence-electron chi connectivity index (χ4n) is 3.04. The molecule has 0 unspecified atom stereocenters. The van der Waals surface area contributed by atoms with Crippen molar-refractivity contribution in [3.05, 3.63) is 107 Å². The molecule has 1 aliphatic rings. The summed E-state index contributed by atoms with van der Waals surface area (Å²) in [5.41, 5.74) is 2.02. The van der Waals surface area contributed by atoms with E-state index in [1.165, 1.54) is 10.8 Å². The Morgan fingerprint density at radius 3 is 1.16 bits per heavy atom. The number of aromatic nitrogens is 1. The lowest BCUT2D eigenvalue weighted by molar-refractivity contribution is 0.0979. The van der Waals surface area contributed by atoms with E-state index < -0.39 is 0 Å². The molecule has 0 saturated carbocycles. The molecule has 0 aliphatic heterocycles. The van der Waals surface area contributed by atoms with Crippen molar-refractivity contribution in [3.63, 3.8) is 0 Å². The molecule has 25 heavy (non-hydrogen) atoms. The first-order valence-electron chi connectivity index (χ1n) is 8.04. The standard InChI is InChI=1S/C14H8O2.C8H7N/c15-13-9-5-1-2-6-10(9)14(16)12-8-4-3-7-11(12)13;1-2-4-8-6-9-5-7(8)3-1/h1-8H;1-6,9H. The Bertz CT molecular complexity index is 956. The summed E-state index contributed by atoms with van der Waals surface area (Å²) < 4.78 is 0. The zero-order chi connectivity index (χ0) is 17.2. The lowest BCUT2D eigenvalue weighted by Crippen LogP contribution is -2.20. The minimum Gasteiger partial charge on any atom is -0.366 e. The molecule has 3 heteroatoms. The van der Waals surface area contributed by atoms with E-state index in [9.17, 15) is 9.59 Å². The highest BCUT2D eigenvalue weighted by atomic mass is 16.1. The van der Waals surface area contributed by atoms with Crippen LogP contribution in [0, 0.1) is 0 Å². The third-order valence-corrected chi connectivity index (χ3v) is 4.31. The molecule has 3 nitrogen and oxygen atoms in total. The summed E-state index contributed by atoms with van der Waals surface area (Å²) in [4.78, 5) is 27.2. The molecule has 0 amide bonds. The predicted molar refractivity (Wildman–Crippen MR) is 98.0 cm³/mol. The molecule has 1 N–H and O–H groups in total. The number of hydrogen-bond donors (Lipinski definition) is 1. The second-order valence-corrected chi connectivity index (χ2v) is 5.83. The van der Waals surface area contributed by atoms with Crippen molar-refractivity contribution in [1.82, 2.24) is 4.98 Å². The highest BCUT2D eigenvalue weighted by Crippen LogP contribution is 2.26. The first-order chi connectivity index (χ1) is 12.3. The molecule has 0 radical (unpaired) electrons. The molecule has 0 atom stereocenters. The fraction of sp³-hybridized carbons (Fsp3) is 0. The van der Waals surface area contributed by atoms with Gasteiger partial charge in [0.25, 0.3) is 0 Å². The number of aromatic amines is 1.